The van der Waals surface area contributed by atoms with E-state index in [1.807, 2.05) is 19.9 Å². The van der Waals surface area contributed by atoms with E-state index in [9.17, 15) is 4.79 Å². The van der Waals surface area contributed by atoms with Crippen molar-refractivity contribution in [3.63, 3.8) is 0 Å². The lowest BCUT2D eigenvalue weighted by molar-refractivity contribution is 0.0987. The van der Waals surface area contributed by atoms with Crippen LogP contribution in [0.25, 0.3) is 0 Å². The van der Waals surface area contributed by atoms with Gasteiger partial charge in [-0.25, -0.2) is 4.98 Å². The van der Waals surface area contributed by atoms with Gasteiger partial charge >= 0.3 is 0 Å². The molecule has 1 aromatic heterocycles. The second-order valence-electron chi connectivity index (χ2n) is 5.06. The van der Waals surface area contributed by atoms with Crippen LogP contribution in [0.2, 0.25) is 0 Å². The van der Waals surface area contributed by atoms with E-state index in [-0.39, 0.29) is 5.78 Å². The van der Waals surface area contributed by atoms with Crippen molar-refractivity contribution in [3.05, 3.63) is 23.4 Å². The Balaban J connectivity index is 2.10. The number of anilines is 1. The highest BCUT2D eigenvalue weighted by atomic mass is 16.1. The minimum Gasteiger partial charge on any atom is -0.354 e. The maximum Gasteiger partial charge on any atom is 0.164 e. The fourth-order valence-electron chi connectivity index (χ4n) is 2.49. The predicted octanol–water partition coefficient (Wildman–Crippen LogP) is 2.12. The van der Waals surface area contributed by atoms with E-state index in [2.05, 4.69) is 21.7 Å². The van der Waals surface area contributed by atoms with Crippen LogP contribution in [0.5, 0.6) is 0 Å². The molecule has 0 radical (unpaired) electrons. The van der Waals surface area contributed by atoms with Gasteiger partial charge in [-0.2, -0.15) is 0 Å². The molecule has 0 bridgehead atoms. The number of ketones is 1. The first-order valence-corrected chi connectivity index (χ1v) is 7.12. The Hall–Kier alpha value is -1.42. The summed E-state index contributed by atoms with van der Waals surface area (Å²) in [4.78, 5) is 21.0. The highest BCUT2D eigenvalue weighted by Gasteiger charge is 2.18. The molecule has 1 aromatic rings. The van der Waals surface area contributed by atoms with Gasteiger partial charge < -0.3 is 9.80 Å². The molecule has 1 saturated heterocycles. The van der Waals surface area contributed by atoms with Gasteiger partial charge in [0.25, 0.3) is 0 Å². The van der Waals surface area contributed by atoms with Gasteiger partial charge in [-0.1, -0.05) is 13.8 Å². The molecule has 19 heavy (non-hydrogen) atoms. The Bertz CT molecular complexity index is 451. The molecule has 0 saturated carbocycles. The molecule has 0 amide bonds. The van der Waals surface area contributed by atoms with Crippen molar-refractivity contribution >= 4 is 11.6 Å². The maximum absolute atomic E-state index is 11.7. The zero-order valence-electron chi connectivity index (χ0n) is 12.1. The quantitative estimate of drug-likeness (QED) is 0.778. The number of hydrogen-bond acceptors (Lipinski definition) is 4. The molecule has 2 heterocycles. The normalized spacial score (nSPS) is 16.7. The first kappa shape index (κ1) is 14.0. The third-order valence-electron chi connectivity index (χ3n) is 3.86. The number of piperazine rings is 1. The second kappa shape index (κ2) is 6.15. The number of pyridine rings is 1. The summed E-state index contributed by atoms with van der Waals surface area (Å²) in [5.74, 6) is 1.17. The monoisotopic (exact) mass is 261 g/mol. The molecule has 0 aliphatic carbocycles. The van der Waals surface area contributed by atoms with Crippen molar-refractivity contribution in [1.29, 1.82) is 0 Å². The summed E-state index contributed by atoms with van der Waals surface area (Å²) in [5.41, 5.74) is 1.80. The predicted molar refractivity (Wildman–Crippen MR) is 77.9 cm³/mol. The number of Topliss-reactive ketones (excluding diaryl/α,β-unsaturated/α-hetero) is 1. The first-order valence-electron chi connectivity index (χ1n) is 7.12. The Labute approximate surface area is 115 Å². The molecule has 1 aliphatic heterocycles. The Morgan fingerprint density at radius 3 is 2.47 bits per heavy atom. The topological polar surface area (TPSA) is 36.4 Å². The van der Waals surface area contributed by atoms with Gasteiger partial charge in [-0.3, -0.25) is 4.79 Å². The summed E-state index contributed by atoms with van der Waals surface area (Å²) in [6.45, 7) is 11.4. The average Bonchev–Trinajstić information content (AvgIpc) is 2.46. The summed E-state index contributed by atoms with van der Waals surface area (Å²) < 4.78 is 0. The van der Waals surface area contributed by atoms with Crippen LogP contribution in [0.15, 0.2) is 12.3 Å². The van der Waals surface area contributed by atoms with Crippen LogP contribution in [0.4, 0.5) is 5.82 Å². The van der Waals surface area contributed by atoms with Crippen LogP contribution in [0.3, 0.4) is 0 Å². The van der Waals surface area contributed by atoms with Gasteiger partial charge in [0, 0.05) is 44.4 Å². The molecule has 4 heteroatoms. The molecule has 0 unspecified atom stereocenters. The fourth-order valence-corrected chi connectivity index (χ4v) is 2.49. The zero-order chi connectivity index (χ0) is 13.8. The molecular weight excluding hydrogens is 238 g/mol. The van der Waals surface area contributed by atoms with E-state index in [1.165, 1.54) is 0 Å². The summed E-state index contributed by atoms with van der Waals surface area (Å²) in [7, 11) is 0. The lowest BCUT2D eigenvalue weighted by Gasteiger charge is -2.34. The number of carbonyl (C=O) groups is 1. The first-order chi connectivity index (χ1) is 9.15. The standard InChI is InChI=1S/C15H23N3O/c1-4-14(19)13-11-16-15(10-12(13)3)18-8-6-17(5-2)7-9-18/h10-11H,4-9H2,1-3H3. The Morgan fingerprint density at radius 2 is 1.95 bits per heavy atom. The van der Waals surface area contributed by atoms with Gasteiger partial charge in [0.05, 0.1) is 0 Å². The SMILES string of the molecule is CCC(=O)c1cnc(N2CCN(CC)CC2)cc1C. The molecule has 1 fully saturated rings. The number of aromatic nitrogens is 1. The molecule has 0 N–H and O–H groups in total. The van der Waals surface area contributed by atoms with Gasteiger partial charge in [0.15, 0.2) is 5.78 Å². The molecule has 2 rings (SSSR count). The highest BCUT2D eigenvalue weighted by molar-refractivity contribution is 5.97. The summed E-state index contributed by atoms with van der Waals surface area (Å²) in [6, 6.07) is 2.05. The van der Waals surface area contributed by atoms with Gasteiger partial charge in [0.2, 0.25) is 0 Å². The molecule has 4 nitrogen and oxygen atoms in total. The van der Waals surface area contributed by atoms with Crippen LogP contribution in [0.1, 0.15) is 36.2 Å². The third kappa shape index (κ3) is 3.13. The molecule has 0 atom stereocenters. The molecular formula is C15H23N3O. The van der Waals surface area contributed by atoms with Crippen LogP contribution < -0.4 is 4.90 Å². The summed E-state index contributed by atoms with van der Waals surface area (Å²) in [5, 5.41) is 0. The van der Waals surface area contributed by atoms with Crippen molar-refractivity contribution in [2.24, 2.45) is 0 Å². The van der Waals surface area contributed by atoms with Crippen molar-refractivity contribution in [3.8, 4) is 0 Å². The summed E-state index contributed by atoms with van der Waals surface area (Å²) in [6.07, 6.45) is 2.28. The summed E-state index contributed by atoms with van der Waals surface area (Å²) >= 11 is 0. The van der Waals surface area contributed by atoms with Crippen molar-refractivity contribution in [1.82, 2.24) is 9.88 Å². The van der Waals surface area contributed by atoms with E-state index >= 15 is 0 Å². The van der Waals surface area contributed by atoms with Crippen LogP contribution in [-0.4, -0.2) is 48.4 Å². The van der Waals surface area contributed by atoms with Crippen LogP contribution in [-0.2, 0) is 0 Å². The van der Waals surface area contributed by atoms with Gasteiger partial charge in [0.1, 0.15) is 5.82 Å². The second-order valence-corrected chi connectivity index (χ2v) is 5.06. The number of aryl methyl sites for hydroxylation is 1. The molecule has 0 aromatic carbocycles. The largest absolute Gasteiger partial charge is 0.354 e. The number of hydrogen-bond donors (Lipinski definition) is 0. The Morgan fingerprint density at radius 1 is 1.26 bits per heavy atom. The average molecular weight is 261 g/mol. The number of rotatable bonds is 4. The third-order valence-corrected chi connectivity index (χ3v) is 3.86. The van der Waals surface area contributed by atoms with Gasteiger partial charge in [-0.05, 0) is 25.1 Å². The van der Waals surface area contributed by atoms with Crippen molar-refractivity contribution in [2.45, 2.75) is 27.2 Å². The maximum atomic E-state index is 11.7. The lowest BCUT2D eigenvalue weighted by atomic mass is 10.1. The van der Waals surface area contributed by atoms with E-state index in [4.69, 9.17) is 0 Å². The zero-order valence-corrected chi connectivity index (χ0v) is 12.1. The minimum absolute atomic E-state index is 0.173. The van der Waals surface area contributed by atoms with Gasteiger partial charge in [-0.15, -0.1) is 0 Å². The van der Waals surface area contributed by atoms with Crippen molar-refractivity contribution < 1.29 is 4.79 Å². The van der Waals surface area contributed by atoms with E-state index < -0.39 is 0 Å². The van der Waals surface area contributed by atoms with Crippen molar-refractivity contribution in [2.75, 3.05) is 37.6 Å². The van der Waals surface area contributed by atoms with E-state index in [1.54, 1.807) is 6.20 Å². The van der Waals surface area contributed by atoms with Crippen LogP contribution >= 0.6 is 0 Å². The molecule has 0 spiro atoms. The number of carbonyl (C=O) groups excluding carboxylic acids is 1. The number of likely N-dealkylation sites (N-methyl/N-ethyl adjacent to an activating group) is 1. The molecule has 104 valence electrons. The fraction of sp³-hybridized carbons (Fsp3) is 0.600. The Kier molecular flexibility index (Phi) is 4.53. The van der Waals surface area contributed by atoms with E-state index in [0.29, 0.717) is 6.42 Å². The minimum atomic E-state index is 0.173. The smallest absolute Gasteiger partial charge is 0.164 e. The molecule has 1 aliphatic rings. The number of nitrogens with zero attached hydrogens (tertiary/aromatic N) is 3. The lowest BCUT2D eigenvalue weighted by Crippen LogP contribution is -2.46. The highest BCUT2D eigenvalue weighted by Crippen LogP contribution is 2.18. The van der Waals surface area contributed by atoms with E-state index in [0.717, 1.165) is 49.7 Å². The van der Waals surface area contributed by atoms with Crippen LogP contribution in [0, 0.1) is 6.92 Å².